The summed E-state index contributed by atoms with van der Waals surface area (Å²) in [5, 5.41) is 16.3. The molecule has 6 nitrogen and oxygen atoms in total. The van der Waals surface area contributed by atoms with Crippen molar-refractivity contribution in [2.75, 3.05) is 24.3 Å². The molecule has 0 atom stereocenters. The molecule has 0 bridgehead atoms. The largest absolute Gasteiger partial charge is 0.393 e. The lowest BCUT2D eigenvalue weighted by Crippen LogP contribution is -2.28. The summed E-state index contributed by atoms with van der Waals surface area (Å²) in [6.07, 6.45) is 4.57. The summed E-state index contributed by atoms with van der Waals surface area (Å²) in [4.78, 5) is 8.93. The molecular formula is C15H26N4O2. The average molecular weight is 294 g/mol. The van der Waals surface area contributed by atoms with Crippen molar-refractivity contribution in [3.63, 3.8) is 0 Å². The van der Waals surface area contributed by atoms with Gasteiger partial charge in [-0.2, -0.15) is 0 Å². The second-order valence-corrected chi connectivity index (χ2v) is 5.56. The number of anilines is 2. The van der Waals surface area contributed by atoms with Crippen molar-refractivity contribution in [3.8, 4) is 0 Å². The van der Waals surface area contributed by atoms with Gasteiger partial charge in [-0.25, -0.2) is 9.97 Å². The van der Waals surface area contributed by atoms with Crippen LogP contribution in [0.15, 0.2) is 6.07 Å². The Hall–Kier alpha value is -1.40. The molecule has 1 saturated carbocycles. The zero-order valence-electron chi connectivity index (χ0n) is 12.9. The third-order valence-corrected chi connectivity index (χ3v) is 3.65. The van der Waals surface area contributed by atoms with E-state index >= 15 is 0 Å². The van der Waals surface area contributed by atoms with E-state index in [2.05, 4.69) is 27.5 Å². The molecule has 1 aliphatic carbocycles. The Morgan fingerprint density at radius 1 is 1.24 bits per heavy atom. The molecule has 1 aromatic rings. The second-order valence-electron chi connectivity index (χ2n) is 5.56. The Kier molecular flexibility index (Phi) is 6.20. The number of ether oxygens (including phenoxy) is 1. The molecule has 1 heterocycles. The summed E-state index contributed by atoms with van der Waals surface area (Å²) in [6.45, 7) is 3.41. The van der Waals surface area contributed by atoms with Gasteiger partial charge in [-0.1, -0.05) is 6.92 Å². The Morgan fingerprint density at radius 2 is 1.95 bits per heavy atom. The number of rotatable bonds is 7. The molecule has 2 rings (SSSR count). The third-order valence-electron chi connectivity index (χ3n) is 3.65. The molecule has 0 aromatic carbocycles. The first-order chi connectivity index (χ1) is 10.2. The summed E-state index contributed by atoms with van der Waals surface area (Å²) < 4.78 is 5.13. The van der Waals surface area contributed by atoms with Crippen LogP contribution in [-0.4, -0.2) is 40.9 Å². The number of hydrogen-bond donors (Lipinski definition) is 3. The fraction of sp³-hybridized carbons (Fsp3) is 0.733. The maximum atomic E-state index is 9.57. The van der Waals surface area contributed by atoms with Crippen LogP contribution in [0, 0.1) is 0 Å². The highest BCUT2D eigenvalue weighted by atomic mass is 16.5. The van der Waals surface area contributed by atoms with E-state index in [1.807, 2.05) is 6.07 Å². The van der Waals surface area contributed by atoms with E-state index in [0.29, 0.717) is 18.5 Å². The number of aliphatic hydroxyl groups is 1. The van der Waals surface area contributed by atoms with Gasteiger partial charge in [0.05, 0.1) is 6.10 Å². The van der Waals surface area contributed by atoms with Gasteiger partial charge in [0.25, 0.3) is 0 Å². The molecule has 118 valence electrons. The van der Waals surface area contributed by atoms with Gasteiger partial charge in [0, 0.05) is 25.8 Å². The van der Waals surface area contributed by atoms with Gasteiger partial charge >= 0.3 is 0 Å². The summed E-state index contributed by atoms with van der Waals surface area (Å²) in [7, 11) is 1.64. The van der Waals surface area contributed by atoms with Crippen LogP contribution in [0.25, 0.3) is 0 Å². The van der Waals surface area contributed by atoms with Gasteiger partial charge in [0.15, 0.2) is 5.82 Å². The minimum Gasteiger partial charge on any atom is -0.393 e. The Balaban J connectivity index is 2.03. The number of hydrogen-bond acceptors (Lipinski definition) is 6. The van der Waals surface area contributed by atoms with Gasteiger partial charge in [-0.3, -0.25) is 0 Å². The van der Waals surface area contributed by atoms with Gasteiger partial charge in [0.2, 0.25) is 0 Å². The minimum atomic E-state index is -0.140. The maximum absolute atomic E-state index is 9.57. The van der Waals surface area contributed by atoms with E-state index in [9.17, 15) is 5.11 Å². The summed E-state index contributed by atoms with van der Waals surface area (Å²) in [5.74, 6) is 2.34. The lowest BCUT2D eigenvalue weighted by Gasteiger charge is -2.26. The molecule has 1 aromatic heterocycles. The van der Waals surface area contributed by atoms with Crippen molar-refractivity contribution in [2.24, 2.45) is 0 Å². The van der Waals surface area contributed by atoms with Gasteiger partial charge in [-0.15, -0.1) is 0 Å². The first-order valence-corrected chi connectivity index (χ1v) is 7.76. The Labute approximate surface area is 126 Å². The molecule has 0 spiro atoms. The van der Waals surface area contributed by atoms with Gasteiger partial charge in [-0.05, 0) is 32.1 Å². The normalized spacial score (nSPS) is 22.0. The lowest BCUT2D eigenvalue weighted by atomic mass is 9.93. The van der Waals surface area contributed by atoms with Crippen molar-refractivity contribution in [3.05, 3.63) is 11.9 Å². The first kappa shape index (κ1) is 16.0. The lowest BCUT2D eigenvalue weighted by molar-refractivity contribution is 0.126. The SMILES string of the molecule is CCCNc1cc(NC2CCC(O)CC2)nc(COC)n1. The topological polar surface area (TPSA) is 79.3 Å². The highest BCUT2D eigenvalue weighted by Crippen LogP contribution is 2.22. The van der Waals surface area contributed by atoms with E-state index in [-0.39, 0.29) is 6.10 Å². The maximum Gasteiger partial charge on any atom is 0.158 e. The highest BCUT2D eigenvalue weighted by molar-refractivity contribution is 5.48. The van der Waals surface area contributed by atoms with Crippen LogP contribution in [0.3, 0.4) is 0 Å². The van der Waals surface area contributed by atoms with Crippen molar-refractivity contribution in [2.45, 2.75) is 57.8 Å². The number of nitrogens with zero attached hydrogens (tertiary/aromatic N) is 2. The molecule has 1 fully saturated rings. The summed E-state index contributed by atoms with van der Waals surface area (Å²) in [5.41, 5.74) is 0. The van der Waals surface area contributed by atoms with Crippen molar-refractivity contribution < 1.29 is 9.84 Å². The first-order valence-electron chi connectivity index (χ1n) is 7.76. The number of aromatic nitrogens is 2. The molecule has 0 saturated heterocycles. The predicted octanol–water partition coefficient (Wildman–Crippen LogP) is 2.16. The van der Waals surface area contributed by atoms with Crippen LogP contribution < -0.4 is 10.6 Å². The van der Waals surface area contributed by atoms with Crippen molar-refractivity contribution >= 4 is 11.6 Å². The van der Waals surface area contributed by atoms with E-state index in [1.54, 1.807) is 7.11 Å². The van der Waals surface area contributed by atoms with Gasteiger partial charge < -0.3 is 20.5 Å². The van der Waals surface area contributed by atoms with E-state index in [4.69, 9.17) is 4.74 Å². The van der Waals surface area contributed by atoms with E-state index in [1.165, 1.54) is 0 Å². The average Bonchev–Trinajstić information content (AvgIpc) is 2.48. The fourth-order valence-corrected chi connectivity index (χ4v) is 2.54. The molecule has 0 radical (unpaired) electrons. The van der Waals surface area contributed by atoms with Crippen LogP contribution in [0.2, 0.25) is 0 Å². The molecule has 0 aliphatic heterocycles. The van der Waals surface area contributed by atoms with Crippen LogP contribution in [0.5, 0.6) is 0 Å². The zero-order valence-corrected chi connectivity index (χ0v) is 12.9. The Bertz CT molecular complexity index is 434. The predicted molar refractivity (Wildman–Crippen MR) is 83.4 cm³/mol. The third kappa shape index (κ3) is 5.13. The smallest absolute Gasteiger partial charge is 0.158 e. The zero-order chi connectivity index (χ0) is 15.1. The second kappa shape index (κ2) is 8.14. The fourth-order valence-electron chi connectivity index (χ4n) is 2.54. The number of aliphatic hydroxyl groups excluding tert-OH is 1. The molecule has 21 heavy (non-hydrogen) atoms. The Morgan fingerprint density at radius 3 is 2.62 bits per heavy atom. The molecule has 1 aliphatic rings. The molecule has 6 heteroatoms. The van der Waals surface area contributed by atoms with Crippen molar-refractivity contribution in [1.82, 2.24) is 9.97 Å². The summed E-state index contributed by atoms with van der Waals surface area (Å²) in [6, 6.07) is 2.32. The minimum absolute atomic E-state index is 0.140. The highest BCUT2D eigenvalue weighted by Gasteiger charge is 2.19. The number of methoxy groups -OCH3 is 1. The molecule has 3 N–H and O–H groups in total. The van der Waals surface area contributed by atoms with Crippen molar-refractivity contribution in [1.29, 1.82) is 0 Å². The monoisotopic (exact) mass is 294 g/mol. The van der Waals surface area contributed by atoms with Crippen LogP contribution >= 0.6 is 0 Å². The summed E-state index contributed by atoms with van der Waals surface area (Å²) >= 11 is 0. The molecule has 0 unspecified atom stereocenters. The van der Waals surface area contributed by atoms with Crippen LogP contribution in [0.1, 0.15) is 44.9 Å². The van der Waals surface area contributed by atoms with Crippen LogP contribution in [0.4, 0.5) is 11.6 Å². The van der Waals surface area contributed by atoms with E-state index in [0.717, 1.165) is 50.3 Å². The molecule has 0 amide bonds. The molecular weight excluding hydrogens is 268 g/mol. The standard InChI is InChI=1S/C15H26N4O2/c1-3-8-16-13-9-14(19-15(18-13)10-21-2)17-11-4-6-12(20)7-5-11/h9,11-12,20H,3-8,10H2,1-2H3,(H2,16,17,18,19). The van der Waals surface area contributed by atoms with E-state index < -0.39 is 0 Å². The van der Waals surface area contributed by atoms with Gasteiger partial charge in [0.1, 0.15) is 18.2 Å². The number of nitrogens with one attached hydrogen (secondary N) is 2. The van der Waals surface area contributed by atoms with Crippen LogP contribution in [-0.2, 0) is 11.3 Å². The quantitative estimate of drug-likeness (QED) is 0.715.